The number of imide groups is 2. The van der Waals surface area contributed by atoms with Crippen LogP contribution in [0.15, 0.2) is 6.20 Å². The van der Waals surface area contributed by atoms with Crippen molar-refractivity contribution in [2.45, 2.75) is 39.0 Å². The van der Waals surface area contributed by atoms with Crippen LogP contribution in [0.2, 0.25) is 0 Å². The quantitative estimate of drug-likeness (QED) is 0.827. The summed E-state index contributed by atoms with van der Waals surface area (Å²) in [5.41, 5.74) is 0.0687. The second-order valence-corrected chi connectivity index (χ2v) is 5.68. The Morgan fingerprint density at radius 1 is 1.29 bits per heavy atom. The van der Waals surface area contributed by atoms with Gasteiger partial charge in [0.25, 0.3) is 5.91 Å². The number of aryl methyl sites for hydroxylation is 2. The molecular weight excluding hydrogens is 272 g/mol. The van der Waals surface area contributed by atoms with Gasteiger partial charge in [0.05, 0.1) is 11.4 Å². The highest BCUT2D eigenvalue weighted by molar-refractivity contribution is 6.30. The molecule has 1 aliphatic carbocycles. The van der Waals surface area contributed by atoms with Crippen LogP contribution in [-0.4, -0.2) is 27.6 Å². The van der Waals surface area contributed by atoms with Gasteiger partial charge in [-0.05, 0) is 19.3 Å². The number of aromatic nitrogens is 2. The summed E-state index contributed by atoms with van der Waals surface area (Å²) in [7, 11) is 1.74. The molecule has 1 saturated heterocycles. The van der Waals surface area contributed by atoms with Crippen LogP contribution in [0.4, 0.5) is 10.5 Å². The number of urea groups is 1. The van der Waals surface area contributed by atoms with E-state index in [1.54, 1.807) is 17.9 Å². The van der Waals surface area contributed by atoms with Crippen molar-refractivity contribution >= 4 is 23.5 Å². The molecule has 112 valence electrons. The van der Waals surface area contributed by atoms with Crippen LogP contribution in [0.1, 0.15) is 38.3 Å². The maximum absolute atomic E-state index is 12.9. The van der Waals surface area contributed by atoms with E-state index >= 15 is 0 Å². The molecule has 0 aromatic carbocycles. The third kappa shape index (κ3) is 1.87. The summed E-state index contributed by atoms with van der Waals surface area (Å²) in [6.07, 6.45) is 4.92. The monoisotopic (exact) mass is 290 g/mol. The highest BCUT2D eigenvalue weighted by Crippen LogP contribution is 2.43. The summed E-state index contributed by atoms with van der Waals surface area (Å²) >= 11 is 0. The zero-order valence-electron chi connectivity index (χ0n) is 12.2. The van der Waals surface area contributed by atoms with Crippen molar-refractivity contribution in [1.29, 1.82) is 0 Å². The number of barbiturate groups is 1. The molecule has 3 rings (SSSR count). The molecule has 1 aromatic heterocycles. The molecular formula is C14H18N4O3. The standard InChI is InChI=1S/C14H18N4O3/c1-3-9-10(8-17(2)16-9)18-12(20)14(6-4-5-7-14)11(19)15-13(18)21/h8H,3-7H2,1-2H3,(H,15,19,21). The number of amides is 4. The molecule has 1 N–H and O–H groups in total. The van der Waals surface area contributed by atoms with E-state index in [0.29, 0.717) is 30.6 Å². The SMILES string of the molecule is CCc1nn(C)cc1N1C(=O)NC(=O)C2(CCCC2)C1=O. The molecule has 1 spiro atoms. The Kier molecular flexibility index (Phi) is 3.07. The van der Waals surface area contributed by atoms with Crippen molar-refractivity contribution < 1.29 is 14.4 Å². The Bertz CT molecular complexity index is 628. The van der Waals surface area contributed by atoms with Gasteiger partial charge in [0.15, 0.2) is 0 Å². The van der Waals surface area contributed by atoms with Gasteiger partial charge in [0, 0.05) is 13.2 Å². The molecule has 21 heavy (non-hydrogen) atoms. The molecule has 0 atom stereocenters. The smallest absolute Gasteiger partial charge is 0.276 e. The van der Waals surface area contributed by atoms with Gasteiger partial charge in [-0.15, -0.1) is 0 Å². The van der Waals surface area contributed by atoms with Crippen molar-refractivity contribution in [1.82, 2.24) is 15.1 Å². The molecule has 0 bridgehead atoms. The van der Waals surface area contributed by atoms with Crippen molar-refractivity contribution in [2.24, 2.45) is 12.5 Å². The minimum absolute atomic E-state index is 0.406. The van der Waals surface area contributed by atoms with Crippen molar-refractivity contribution in [3.05, 3.63) is 11.9 Å². The molecule has 7 heteroatoms. The second-order valence-electron chi connectivity index (χ2n) is 5.68. The lowest BCUT2D eigenvalue weighted by molar-refractivity contribution is -0.142. The van der Waals surface area contributed by atoms with Gasteiger partial charge in [0.1, 0.15) is 5.41 Å². The van der Waals surface area contributed by atoms with E-state index < -0.39 is 23.3 Å². The lowest BCUT2D eigenvalue weighted by Crippen LogP contribution is -2.63. The molecule has 1 aliphatic heterocycles. The van der Waals surface area contributed by atoms with Crippen LogP contribution in [0.25, 0.3) is 0 Å². The van der Waals surface area contributed by atoms with Crippen LogP contribution in [-0.2, 0) is 23.1 Å². The second kappa shape index (κ2) is 4.68. The van der Waals surface area contributed by atoms with Crippen LogP contribution < -0.4 is 10.2 Å². The normalized spacial score (nSPS) is 21.2. The molecule has 2 fully saturated rings. The molecule has 1 saturated carbocycles. The van der Waals surface area contributed by atoms with E-state index in [-0.39, 0.29) is 0 Å². The van der Waals surface area contributed by atoms with E-state index in [1.165, 1.54) is 0 Å². The predicted molar refractivity (Wildman–Crippen MR) is 74.5 cm³/mol. The van der Waals surface area contributed by atoms with Gasteiger partial charge in [-0.1, -0.05) is 19.8 Å². The fraction of sp³-hybridized carbons (Fsp3) is 0.571. The summed E-state index contributed by atoms with van der Waals surface area (Å²) in [6, 6.07) is -0.676. The minimum atomic E-state index is -1.07. The number of hydrogen-bond acceptors (Lipinski definition) is 4. The Balaban J connectivity index is 2.06. The highest BCUT2D eigenvalue weighted by Gasteiger charge is 2.55. The fourth-order valence-corrected chi connectivity index (χ4v) is 3.27. The van der Waals surface area contributed by atoms with E-state index in [0.717, 1.165) is 17.7 Å². The molecule has 0 radical (unpaired) electrons. The number of carbonyl (C=O) groups is 3. The number of hydrogen-bond donors (Lipinski definition) is 1. The summed E-state index contributed by atoms with van der Waals surface area (Å²) in [5, 5.41) is 6.61. The van der Waals surface area contributed by atoms with Crippen molar-refractivity contribution in [3.8, 4) is 0 Å². The van der Waals surface area contributed by atoms with Gasteiger partial charge in [-0.3, -0.25) is 19.6 Å². The molecule has 0 unspecified atom stereocenters. The average molecular weight is 290 g/mol. The lowest BCUT2D eigenvalue weighted by Gasteiger charge is -2.36. The van der Waals surface area contributed by atoms with E-state index in [9.17, 15) is 14.4 Å². The van der Waals surface area contributed by atoms with Gasteiger partial charge < -0.3 is 0 Å². The van der Waals surface area contributed by atoms with Gasteiger partial charge >= 0.3 is 6.03 Å². The molecule has 1 aromatic rings. The number of nitrogens with zero attached hydrogens (tertiary/aromatic N) is 3. The Morgan fingerprint density at radius 2 is 1.95 bits per heavy atom. The van der Waals surface area contributed by atoms with Gasteiger partial charge in [-0.25, -0.2) is 9.69 Å². The summed E-state index contributed by atoms with van der Waals surface area (Å²) in [6.45, 7) is 1.91. The van der Waals surface area contributed by atoms with Crippen LogP contribution >= 0.6 is 0 Å². The Morgan fingerprint density at radius 3 is 2.57 bits per heavy atom. The summed E-state index contributed by atoms with van der Waals surface area (Å²) in [5.74, 6) is -0.857. The maximum atomic E-state index is 12.9. The lowest BCUT2D eigenvalue weighted by atomic mass is 9.82. The summed E-state index contributed by atoms with van der Waals surface area (Å²) in [4.78, 5) is 38.3. The van der Waals surface area contributed by atoms with E-state index in [1.807, 2.05) is 6.92 Å². The Labute approximate surface area is 122 Å². The third-order valence-corrected chi connectivity index (χ3v) is 4.39. The fourth-order valence-electron chi connectivity index (χ4n) is 3.27. The molecule has 4 amide bonds. The van der Waals surface area contributed by atoms with Crippen LogP contribution in [0.5, 0.6) is 0 Å². The van der Waals surface area contributed by atoms with Crippen molar-refractivity contribution in [2.75, 3.05) is 4.90 Å². The first kappa shape index (κ1) is 13.8. The Hall–Kier alpha value is -2.18. The largest absolute Gasteiger partial charge is 0.335 e. The summed E-state index contributed by atoms with van der Waals surface area (Å²) < 4.78 is 1.58. The molecule has 7 nitrogen and oxygen atoms in total. The topological polar surface area (TPSA) is 84.3 Å². The van der Waals surface area contributed by atoms with Crippen LogP contribution in [0.3, 0.4) is 0 Å². The maximum Gasteiger partial charge on any atom is 0.335 e. The number of carbonyl (C=O) groups excluding carboxylic acids is 3. The van der Waals surface area contributed by atoms with Gasteiger partial charge in [0.2, 0.25) is 5.91 Å². The first-order valence-electron chi connectivity index (χ1n) is 7.22. The average Bonchev–Trinajstić information content (AvgIpc) is 3.05. The van der Waals surface area contributed by atoms with E-state index in [4.69, 9.17) is 0 Å². The highest BCUT2D eigenvalue weighted by atomic mass is 16.2. The number of nitrogens with one attached hydrogen (secondary N) is 1. The van der Waals surface area contributed by atoms with E-state index in [2.05, 4.69) is 10.4 Å². The number of anilines is 1. The third-order valence-electron chi connectivity index (χ3n) is 4.39. The van der Waals surface area contributed by atoms with Crippen molar-refractivity contribution in [3.63, 3.8) is 0 Å². The first-order chi connectivity index (χ1) is 9.99. The zero-order chi connectivity index (χ0) is 15.2. The molecule has 2 aliphatic rings. The molecule has 2 heterocycles. The predicted octanol–water partition coefficient (Wildman–Crippen LogP) is 1.13. The number of rotatable bonds is 2. The van der Waals surface area contributed by atoms with Crippen LogP contribution in [0, 0.1) is 5.41 Å². The zero-order valence-corrected chi connectivity index (χ0v) is 12.2. The first-order valence-corrected chi connectivity index (χ1v) is 7.22. The minimum Gasteiger partial charge on any atom is -0.276 e. The van der Waals surface area contributed by atoms with Gasteiger partial charge in [-0.2, -0.15) is 5.10 Å².